The SMILES string of the molecule is CCOC(=O)c1cccc2nc(OCC)n(Cc3ccc(-c4ccccc4)c(-c4noc(=O)[nH]4)c3)c12. The molecule has 0 aliphatic rings. The normalized spacial score (nSPS) is 11.1. The maximum atomic E-state index is 12.7. The number of aromatic amines is 1. The molecule has 9 heteroatoms. The predicted octanol–water partition coefficient (Wildman–Crippen LogP) is 4.67. The van der Waals surface area contributed by atoms with Gasteiger partial charge in [-0.15, -0.1) is 0 Å². The van der Waals surface area contributed by atoms with E-state index in [4.69, 9.17) is 14.0 Å². The molecule has 2 heterocycles. The van der Waals surface area contributed by atoms with Crippen LogP contribution >= 0.6 is 0 Å². The first-order valence-corrected chi connectivity index (χ1v) is 11.6. The molecule has 1 N–H and O–H groups in total. The molecule has 0 spiro atoms. The van der Waals surface area contributed by atoms with E-state index in [2.05, 4.69) is 15.1 Å². The number of nitrogens with one attached hydrogen (secondary N) is 1. The number of para-hydroxylation sites is 1. The van der Waals surface area contributed by atoms with Crippen LogP contribution in [0, 0.1) is 0 Å². The Labute approximate surface area is 206 Å². The zero-order chi connectivity index (χ0) is 25.1. The average Bonchev–Trinajstić information content (AvgIpc) is 3.48. The van der Waals surface area contributed by atoms with Gasteiger partial charge in [0.25, 0.3) is 6.01 Å². The van der Waals surface area contributed by atoms with E-state index in [1.165, 1.54) is 0 Å². The van der Waals surface area contributed by atoms with Gasteiger partial charge in [0.1, 0.15) is 0 Å². The number of carbonyl (C=O) groups is 1. The van der Waals surface area contributed by atoms with E-state index in [0.29, 0.717) is 47.1 Å². The van der Waals surface area contributed by atoms with Crippen LogP contribution in [0.2, 0.25) is 0 Å². The topological polar surface area (TPSA) is 112 Å². The van der Waals surface area contributed by atoms with Crippen LogP contribution < -0.4 is 10.5 Å². The number of benzene rings is 3. The average molecular weight is 485 g/mol. The van der Waals surface area contributed by atoms with E-state index < -0.39 is 11.7 Å². The van der Waals surface area contributed by atoms with E-state index in [1.54, 1.807) is 19.1 Å². The molecule has 0 atom stereocenters. The maximum absolute atomic E-state index is 12.7. The van der Waals surface area contributed by atoms with Gasteiger partial charge in [-0.3, -0.25) is 14.1 Å². The van der Waals surface area contributed by atoms with Crippen LogP contribution in [-0.4, -0.2) is 38.9 Å². The molecule has 5 aromatic rings. The molecule has 0 aliphatic carbocycles. The molecule has 0 saturated carbocycles. The molecule has 9 nitrogen and oxygen atoms in total. The number of aromatic nitrogens is 4. The molecule has 0 bridgehead atoms. The Balaban J connectivity index is 1.65. The highest BCUT2D eigenvalue weighted by Crippen LogP contribution is 2.32. The summed E-state index contributed by atoms with van der Waals surface area (Å²) in [5.41, 5.74) is 5.11. The molecule has 2 aromatic heterocycles. The highest BCUT2D eigenvalue weighted by Gasteiger charge is 2.21. The molecule has 0 saturated heterocycles. The van der Waals surface area contributed by atoms with Crippen molar-refractivity contribution in [3.8, 4) is 28.5 Å². The summed E-state index contributed by atoms with van der Waals surface area (Å²) in [6, 6.07) is 21.4. The zero-order valence-electron chi connectivity index (χ0n) is 19.9. The lowest BCUT2D eigenvalue weighted by Crippen LogP contribution is -2.10. The fourth-order valence-electron chi connectivity index (χ4n) is 4.21. The van der Waals surface area contributed by atoms with Gasteiger partial charge in [-0.05, 0) is 48.7 Å². The quantitative estimate of drug-likeness (QED) is 0.319. The number of fused-ring (bicyclic) bond motifs is 1. The van der Waals surface area contributed by atoms with E-state index in [-0.39, 0.29) is 6.61 Å². The molecule has 5 rings (SSSR count). The van der Waals surface area contributed by atoms with Gasteiger partial charge in [-0.25, -0.2) is 9.59 Å². The lowest BCUT2D eigenvalue weighted by Gasteiger charge is -2.14. The first-order chi connectivity index (χ1) is 17.6. The van der Waals surface area contributed by atoms with Crippen LogP contribution in [0.25, 0.3) is 33.5 Å². The standard InChI is InChI=1S/C27H24N4O5/c1-3-34-25(32)20-11-8-12-22-23(20)31(26(28-22)35-4-2)16-17-13-14-19(18-9-6-5-7-10-18)21(15-17)24-29-27(33)36-30-24/h5-15H,3-4,16H2,1-2H3,(H,29,30,33). The second-order valence-corrected chi connectivity index (χ2v) is 8.00. The lowest BCUT2D eigenvalue weighted by atomic mass is 9.97. The molecular formula is C27H24N4O5. The van der Waals surface area contributed by atoms with Crippen molar-refractivity contribution in [3.63, 3.8) is 0 Å². The zero-order valence-corrected chi connectivity index (χ0v) is 19.9. The molecule has 3 aromatic carbocycles. The number of carbonyl (C=O) groups excluding carboxylic acids is 1. The van der Waals surface area contributed by atoms with Gasteiger partial charge in [0, 0.05) is 5.56 Å². The minimum Gasteiger partial charge on any atom is -0.465 e. The van der Waals surface area contributed by atoms with E-state index in [0.717, 1.165) is 16.7 Å². The van der Waals surface area contributed by atoms with Gasteiger partial charge in [0.05, 0.1) is 36.4 Å². The van der Waals surface area contributed by atoms with Crippen LogP contribution in [0.4, 0.5) is 0 Å². The smallest absolute Gasteiger partial charge is 0.439 e. The van der Waals surface area contributed by atoms with Gasteiger partial charge < -0.3 is 9.47 Å². The summed E-state index contributed by atoms with van der Waals surface area (Å²) in [6.07, 6.45) is 0. The van der Waals surface area contributed by atoms with Crippen LogP contribution in [0.5, 0.6) is 6.01 Å². The Bertz CT molecular complexity index is 1580. The second kappa shape index (κ2) is 9.91. The van der Waals surface area contributed by atoms with Crippen molar-refractivity contribution in [2.24, 2.45) is 0 Å². The van der Waals surface area contributed by atoms with Crippen molar-refractivity contribution in [2.75, 3.05) is 13.2 Å². The monoisotopic (exact) mass is 484 g/mol. The maximum Gasteiger partial charge on any atom is 0.439 e. The summed E-state index contributed by atoms with van der Waals surface area (Å²) in [5, 5.41) is 3.92. The van der Waals surface area contributed by atoms with Crippen molar-refractivity contribution in [1.82, 2.24) is 19.7 Å². The summed E-state index contributed by atoms with van der Waals surface area (Å²) < 4.78 is 17.7. The van der Waals surface area contributed by atoms with Crippen LogP contribution in [-0.2, 0) is 11.3 Å². The molecule has 0 unspecified atom stereocenters. The van der Waals surface area contributed by atoms with Gasteiger partial charge in [-0.2, -0.15) is 4.98 Å². The summed E-state index contributed by atoms with van der Waals surface area (Å²) >= 11 is 0. The van der Waals surface area contributed by atoms with Crippen molar-refractivity contribution < 1.29 is 18.8 Å². The third-order valence-corrected chi connectivity index (χ3v) is 5.71. The fourth-order valence-corrected chi connectivity index (χ4v) is 4.21. The first kappa shape index (κ1) is 23.1. The van der Waals surface area contributed by atoms with Gasteiger partial charge >= 0.3 is 11.7 Å². The molecule has 0 radical (unpaired) electrons. The lowest BCUT2D eigenvalue weighted by molar-refractivity contribution is 0.0528. The third-order valence-electron chi connectivity index (χ3n) is 5.71. The van der Waals surface area contributed by atoms with Crippen molar-refractivity contribution >= 4 is 17.0 Å². The van der Waals surface area contributed by atoms with Gasteiger partial charge in [0.15, 0.2) is 5.82 Å². The summed E-state index contributed by atoms with van der Waals surface area (Å²) in [6.45, 7) is 4.68. The minimum absolute atomic E-state index is 0.266. The molecule has 182 valence electrons. The van der Waals surface area contributed by atoms with Crippen LogP contribution in [0.1, 0.15) is 29.8 Å². The first-order valence-electron chi connectivity index (χ1n) is 11.6. The summed E-state index contributed by atoms with van der Waals surface area (Å²) in [7, 11) is 0. The second-order valence-electron chi connectivity index (χ2n) is 8.00. The largest absolute Gasteiger partial charge is 0.465 e. The Kier molecular flexibility index (Phi) is 6.36. The van der Waals surface area contributed by atoms with E-state index in [1.807, 2.05) is 66.1 Å². The minimum atomic E-state index is -0.632. The van der Waals surface area contributed by atoms with Crippen molar-refractivity contribution in [3.05, 3.63) is 88.4 Å². The number of hydrogen-bond acceptors (Lipinski definition) is 7. The molecule has 0 aliphatic heterocycles. The van der Waals surface area contributed by atoms with Crippen LogP contribution in [0.3, 0.4) is 0 Å². The number of nitrogens with zero attached hydrogens (tertiary/aromatic N) is 3. The summed E-state index contributed by atoms with van der Waals surface area (Å²) in [4.78, 5) is 31.7. The molecule has 36 heavy (non-hydrogen) atoms. The Morgan fingerprint density at radius 2 is 1.83 bits per heavy atom. The highest BCUT2D eigenvalue weighted by atomic mass is 16.5. The number of imidazole rings is 1. The Morgan fingerprint density at radius 1 is 1.00 bits per heavy atom. The number of ether oxygens (including phenoxy) is 2. The van der Waals surface area contributed by atoms with Gasteiger partial charge in [0.2, 0.25) is 0 Å². The van der Waals surface area contributed by atoms with Crippen molar-refractivity contribution in [1.29, 1.82) is 0 Å². The van der Waals surface area contributed by atoms with Gasteiger partial charge in [-0.1, -0.05) is 53.7 Å². The van der Waals surface area contributed by atoms with Crippen LogP contribution in [0.15, 0.2) is 76.0 Å². The van der Waals surface area contributed by atoms with Crippen molar-refractivity contribution in [2.45, 2.75) is 20.4 Å². The third kappa shape index (κ3) is 4.38. The fraction of sp³-hybridized carbons (Fsp3) is 0.185. The number of esters is 1. The number of rotatable bonds is 8. The van der Waals surface area contributed by atoms with E-state index >= 15 is 0 Å². The summed E-state index contributed by atoms with van der Waals surface area (Å²) in [5.74, 6) is -0.728. The molecule has 0 fully saturated rings. The Hall–Kier alpha value is -4.66. The predicted molar refractivity (Wildman–Crippen MR) is 134 cm³/mol. The molecular weight excluding hydrogens is 460 g/mol. The molecule has 0 amide bonds. The number of H-pyrrole nitrogens is 1. The Morgan fingerprint density at radius 3 is 2.56 bits per heavy atom. The van der Waals surface area contributed by atoms with E-state index in [9.17, 15) is 9.59 Å². The highest BCUT2D eigenvalue weighted by molar-refractivity contribution is 6.02. The number of hydrogen-bond donors (Lipinski definition) is 1.